The fourth-order valence-electron chi connectivity index (χ4n) is 9.46. The molecule has 6 heteroatoms. The Morgan fingerprint density at radius 3 is 1.08 bits per heavy atom. The molecule has 0 saturated carbocycles. The number of aliphatic hydroxyl groups excluding tert-OH is 2. The van der Waals surface area contributed by atoms with Crippen LogP contribution in [0.15, 0.2) is 12.2 Å². The smallest absolute Gasteiger partial charge is 0.305 e. The Kier molecular flexibility index (Phi) is 55.0. The Labute approximate surface area is 412 Å². The van der Waals surface area contributed by atoms with E-state index in [1.807, 2.05) is 0 Å². The summed E-state index contributed by atoms with van der Waals surface area (Å²) in [5, 5.41) is 23.3. The minimum atomic E-state index is -0.681. The highest BCUT2D eigenvalue weighted by molar-refractivity contribution is 5.76. The summed E-state index contributed by atoms with van der Waals surface area (Å²) in [6, 6.07) is -0.560. The number of aliphatic hydroxyl groups is 2. The van der Waals surface area contributed by atoms with Gasteiger partial charge in [-0.05, 0) is 57.8 Å². The van der Waals surface area contributed by atoms with Gasteiger partial charge in [-0.3, -0.25) is 9.59 Å². The Hall–Kier alpha value is -1.40. The first-order valence-corrected chi connectivity index (χ1v) is 29.9. The topological polar surface area (TPSA) is 95.9 Å². The van der Waals surface area contributed by atoms with Crippen molar-refractivity contribution in [1.82, 2.24) is 5.32 Å². The molecule has 0 spiro atoms. The molecular formula is C60H117NO5. The lowest BCUT2D eigenvalue weighted by Crippen LogP contribution is -2.45. The van der Waals surface area contributed by atoms with Gasteiger partial charge in [-0.15, -0.1) is 0 Å². The van der Waals surface area contributed by atoms with Gasteiger partial charge in [0.15, 0.2) is 0 Å². The predicted octanol–water partition coefficient (Wildman–Crippen LogP) is 18.5. The van der Waals surface area contributed by atoms with Gasteiger partial charge in [0.1, 0.15) is 0 Å². The van der Waals surface area contributed by atoms with Crippen molar-refractivity contribution in [3.05, 3.63) is 12.2 Å². The Morgan fingerprint density at radius 1 is 0.409 bits per heavy atom. The van der Waals surface area contributed by atoms with E-state index < -0.39 is 12.1 Å². The third kappa shape index (κ3) is 52.0. The number of hydrogen-bond acceptors (Lipinski definition) is 5. The minimum absolute atomic E-state index is 0.0200. The predicted molar refractivity (Wildman–Crippen MR) is 287 cm³/mol. The molecule has 0 bridgehead atoms. The van der Waals surface area contributed by atoms with Crippen LogP contribution in [0.4, 0.5) is 0 Å². The molecule has 0 aliphatic rings. The summed E-state index contributed by atoms with van der Waals surface area (Å²) >= 11 is 0. The van der Waals surface area contributed by atoms with Crippen LogP contribution in [0.5, 0.6) is 0 Å². The second-order valence-corrected chi connectivity index (χ2v) is 20.7. The number of unbranched alkanes of at least 4 members (excludes halogenated alkanes) is 43. The van der Waals surface area contributed by atoms with Crippen LogP contribution in [0.1, 0.15) is 335 Å². The number of rotatable bonds is 56. The van der Waals surface area contributed by atoms with Crippen LogP contribution in [0.3, 0.4) is 0 Å². The average molecular weight is 933 g/mol. The molecular weight excluding hydrogens is 815 g/mol. The molecule has 0 radical (unpaired) electrons. The number of allylic oxidation sites excluding steroid dienone is 2. The lowest BCUT2D eigenvalue weighted by Gasteiger charge is -2.22. The van der Waals surface area contributed by atoms with Crippen LogP contribution in [0.2, 0.25) is 0 Å². The van der Waals surface area contributed by atoms with E-state index in [-0.39, 0.29) is 18.5 Å². The summed E-state index contributed by atoms with van der Waals surface area (Å²) in [7, 11) is 0. The number of amides is 1. The SMILES string of the molecule is CCCCCCCCCCCCCCCCCCCCCCCCCCC(O)C(CO)NC(=O)CCCCCCC/C=C\CCCCCOC(=O)CCCCCCCCCCCCCCC. The van der Waals surface area contributed by atoms with Crippen molar-refractivity contribution in [3.8, 4) is 0 Å². The summed E-state index contributed by atoms with van der Waals surface area (Å²) in [5.41, 5.74) is 0. The first-order chi connectivity index (χ1) is 32.5. The maximum atomic E-state index is 12.5. The Balaban J connectivity index is 3.47. The van der Waals surface area contributed by atoms with Gasteiger partial charge in [0, 0.05) is 12.8 Å². The summed E-state index contributed by atoms with van der Waals surface area (Å²) < 4.78 is 5.45. The first kappa shape index (κ1) is 64.6. The maximum Gasteiger partial charge on any atom is 0.305 e. The number of nitrogens with one attached hydrogen (secondary N) is 1. The van der Waals surface area contributed by atoms with Gasteiger partial charge in [0.25, 0.3) is 0 Å². The van der Waals surface area contributed by atoms with Gasteiger partial charge in [0.2, 0.25) is 5.91 Å². The Bertz CT molecular complexity index is 986. The van der Waals surface area contributed by atoms with Crippen molar-refractivity contribution in [2.75, 3.05) is 13.2 Å². The van der Waals surface area contributed by atoms with E-state index in [1.165, 1.54) is 225 Å². The van der Waals surface area contributed by atoms with Crippen molar-refractivity contribution >= 4 is 11.9 Å². The van der Waals surface area contributed by atoms with Gasteiger partial charge in [-0.1, -0.05) is 276 Å². The lowest BCUT2D eigenvalue weighted by atomic mass is 10.0. The zero-order chi connectivity index (χ0) is 47.9. The summed E-state index contributed by atoms with van der Waals surface area (Å²) in [5.74, 6) is -0.0767. The second kappa shape index (κ2) is 56.2. The van der Waals surface area contributed by atoms with Crippen molar-refractivity contribution in [3.63, 3.8) is 0 Å². The highest BCUT2D eigenvalue weighted by Crippen LogP contribution is 2.18. The lowest BCUT2D eigenvalue weighted by molar-refractivity contribution is -0.143. The van der Waals surface area contributed by atoms with Gasteiger partial charge >= 0.3 is 5.97 Å². The van der Waals surface area contributed by atoms with E-state index in [9.17, 15) is 19.8 Å². The fourth-order valence-corrected chi connectivity index (χ4v) is 9.46. The molecule has 2 atom stereocenters. The van der Waals surface area contributed by atoms with Crippen molar-refractivity contribution in [1.29, 1.82) is 0 Å². The van der Waals surface area contributed by atoms with Crippen molar-refractivity contribution in [2.45, 2.75) is 347 Å². The molecule has 392 valence electrons. The van der Waals surface area contributed by atoms with Crippen LogP contribution < -0.4 is 5.32 Å². The van der Waals surface area contributed by atoms with Gasteiger partial charge < -0.3 is 20.3 Å². The number of hydrogen-bond donors (Lipinski definition) is 3. The van der Waals surface area contributed by atoms with E-state index >= 15 is 0 Å². The molecule has 2 unspecified atom stereocenters. The summed E-state index contributed by atoms with van der Waals surface area (Å²) in [4.78, 5) is 24.5. The fraction of sp³-hybridized carbons (Fsp3) is 0.933. The molecule has 66 heavy (non-hydrogen) atoms. The molecule has 3 N–H and O–H groups in total. The van der Waals surface area contributed by atoms with Gasteiger partial charge in [-0.25, -0.2) is 0 Å². The molecule has 0 aromatic rings. The van der Waals surface area contributed by atoms with Crippen LogP contribution in [-0.4, -0.2) is 47.4 Å². The van der Waals surface area contributed by atoms with E-state index in [2.05, 4.69) is 31.3 Å². The quantitative estimate of drug-likeness (QED) is 0.0321. The number of carbonyl (C=O) groups is 2. The van der Waals surface area contributed by atoms with Crippen LogP contribution >= 0.6 is 0 Å². The normalized spacial score (nSPS) is 12.6. The Morgan fingerprint density at radius 2 is 0.712 bits per heavy atom. The molecule has 0 aliphatic carbocycles. The van der Waals surface area contributed by atoms with E-state index in [1.54, 1.807) is 0 Å². The van der Waals surface area contributed by atoms with Gasteiger partial charge in [0.05, 0.1) is 25.4 Å². The molecule has 0 aromatic heterocycles. The average Bonchev–Trinajstić information content (AvgIpc) is 3.32. The third-order valence-electron chi connectivity index (χ3n) is 14.1. The monoisotopic (exact) mass is 932 g/mol. The molecule has 1 amide bonds. The van der Waals surface area contributed by atoms with Crippen molar-refractivity contribution < 1.29 is 24.5 Å². The van der Waals surface area contributed by atoms with Crippen LogP contribution in [0, 0.1) is 0 Å². The first-order valence-electron chi connectivity index (χ1n) is 29.9. The minimum Gasteiger partial charge on any atom is -0.466 e. The third-order valence-corrected chi connectivity index (χ3v) is 14.1. The number of esters is 1. The highest BCUT2D eigenvalue weighted by Gasteiger charge is 2.20. The highest BCUT2D eigenvalue weighted by atomic mass is 16.5. The second-order valence-electron chi connectivity index (χ2n) is 20.7. The summed E-state index contributed by atoms with van der Waals surface area (Å²) in [6.45, 7) is 4.92. The molecule has 0 aromatic carbocycles. The standard InChI is InChI=1S/C60H117NO5/c1-3-5-7-9-11-13-15-17-18-19-20-21-22-23-24-25-26-27-29-32-36-40-44-48-52-58(63)57(56-62)61-59(64)53-49-45-41-37-33-30-31-35-39-43-47-51-55-66-60(65)54-50-46-42-38-34-28-16-14-12-10-8-6-4-2/h31,35,57-58,62-63H,3-30,32-34,36-56H2,1-2H3,(H,61,64)/b35-31-. The molecule has 0 fully saturated rings. The molecule has 0 aliphatic heterocycles. The number of carbonyl (C=O) groups excluding carboxylic acids is 2. The van der Waals surface area contributed by atoms with E-state index in [0.717, 1.165) is 77.0 Å². The zero-order valence-corrected chi connectivity index (χ0v) is 44.7. The van der Waals surface area contributed by atoms with Crippen LogP contribution in [0.25, 0.3) is 0 Å². The summed E-state index contributed by atoms with van der Waals surface area (Å²) in [6.07, 6.45) is 66.4. The number of ether oxygens (including phenoxy) is 1. The molecule has 6 nitrogen and oxygen atoms in total. The maximum absolute atomic E-state index is 12.5. The van der Waals surface area contributed by atoms with Gasteiger partial charge in [-0.2, -0.15) is 0 Å². The largest absolute Gasteiger partial charge is 0.466 e. The van der Waals surface area contributed by atoms with Crippen molar-refractivity contribution in [2.24, 2.45) is 0 Å². The van der Waals surface area contributed by atoms with Crippen LogP contribution in [-0.2, 0) is 14.3 Å². The zero-order valence-electron chi connectivity index (χ0n) is 44.7. The molecule has 0 saturated heterocycles. The molecule has 0 rings (SSSR count). The van der Waals surface area contributed by atoms with E-state index in [0.29, 0.717) is 25.9 Å². The molecule has 0 heterocycles. The van der Waals surface area contributed by atoms with E-state index in [4.69, 9.17) is 4.74 Å².